The molecule has 0 amide bonds. The topological polar surface area (TPSA) is 105 Å². The van der Waals surface area contributed by atoms with Gasteiger partial charge < -0.3 is 21.4 Å². The highest BCUT2D eigenvalue weighted by atomic mass is 35.5. The first-order valence-electron chi connectivity index (χ1n) is 7.73. The molecular formula is C14H25Cl2N7. The van der Waals surface area contributed by atoms with E-state index in [1.165, 1.54) is 0 Å². The average Bonchev–Trinajstić information content (AvgIpc) is 2.95. The van der Waals surface area contributed by atoms with E-state index in [0.717, 1.165) is 50.0 Å². The van der Waals surface area contributed by atoms with Gasteiger partial charge in [0.05, 0.1) is 6.33 Å². The molecule has 3 rings (SSSR count). The number of nitrogens with zero attached hydrogens (tertiary/aromatic N) is 3. The van der Waals surface area contributed by atoms with E-state index >= 15 is 0 Å². The van der Waals surface area contributed by atoms with Crippen LogP contribution in [0.4, 0.5) is 11.8 Å². The Morgan fingerprint density at radius 3 is 2.65 bits per heavy atom. The quantitative estimate of drug-likeness (QED) is 0.652. The van der Waals surface area contributed by atoms with Crippen molar-refractivity contribution in [2.24, 2.45) is 5.73 Å². The summed E-state index contributed by atoms with van der Waals surface area (Å²) in [5, 5.41) is 6.75. The lowest BCUT2D eigenvalue weighted by atomic mass is 9.92. The predicted molar refractivity (Wildman–Crippen MR) is 98.8 cm³/mol. The van der Waals surface area contributed by atoms with Gasteiger partial charge in [-0.1, -0.05) is 6.92 Å². The summed E-state index contributed by atoms with van der Waals surface area (Å²) >= 11 is 0. The maximum atomic E-state index is 5.95. The summed E-state index contributed by atoms with van der Waals surface area (Å²) in [6.45, 7) is 3.01. The summed E-state index contributed by atoms with van der Waals surface area (Å²) in [4.78, 5) is 16.4. The van der Waals surface area contributed by atoms with Gasteiger partial charge in [-0.25, -0.2) is 4.98 Å². The van der Waals surface area contributed by atoms with E-state index in [0.29, 0.717) is 23.7 Å². The lowest BCUT2D eigenvalue weighted by molar-refractivity contribution is 0.410. The smallest absolute Gasteiger partial charge is 0.227 e. The van der Waals surface area contributed by atoms with Gasteiger partial charge in [0.1, 0.15) is 5.52 Å². The van der Waals surface area contributed by atoms with Crippen LogP contribution in [0.1, 0.15) is 39.0 Å². The van der Waals surface area contributed by atoms with E-state index in [4.69, 9.17) is 5.73 Å². The largest absolute Gasteiger partial charge is 0.368 e. The van der Waals surface area contributed by atoms with Gasteiger partial charge in [-0.05, 0) is 32.1 Å². The maximum absolute atomic E-state index is 5.95. The van der Waals surface area contributed by atoms with Crippen molar-refractivity contribution in [1.82, 2.24) is 19.9 Å². The average molecular weight is 362 g/mol. The van der Waals surface area contributed by atoms with Crippen LogP contribution >= 0.6 is 24.8 Å². The molecule has 130 valence electrons. The molecule has 23 heavy (non-hydrogen) atoms. The van der Waals surface area contributed by atoms with Crippen LogP contribution in [0.5, 0.6) is 0 Å². The molecule has 2 heterocycles. The lowest BCUT2D eigenvalue weighted by Gasteiger charge is -2.26. The Balaban J connectivity index is 0.00000132. The number of halogens is 2. The number of imidazole rings is 1. The number of nitrogens with one attached hydrogen (secondary N) is 3. The Labute approximate surface area is 148 Å². The molecule has 2 aromatic rings. The molecule has 0 bridgehead atoms. The number of hydrogen-bond donors (Lipinski definition) is 4. The first-order valence-corrected chi connectivity index (χ1v) is 7.73. The van der Waals surface area contributed by atoms with Gasteiger partial charge in [0.2, 0.25) is 5.95 Å². The minimum Gasteiger partial charge on any atom is -0.368 e. The summed E-state index contributed by atoms with van der Waals surface area (Å²) < 4.78 is 0. The summed E-state index contributed by atoms with van der Waals surface area (Å²) in [6, 6.07) is 0.750. The Kier molecular flexibility index (Phi) is 7.81. The monoisotopic (exact) mass is 361 g/mol. The highest BCUT2D eigenvalue weighted by Crippen LogP contribution is 2.23. The summed E-state index contributed by atoms with van der Waals surface area (Å²) in [5.74, 6) is 1.46. The number of aromatic nitrogens is 4. The fraction of sp³-hybridized carbons (Fsp3) is 0.643. The van der Waals surface area contributed by atoms with Gasteiger partial charge in [-0.3, -0.25) is 0 Å². The number of anilines is 2. The Bertz CT molecular complexity index is 596. The van der Waals surface area contributed by atoms with Crippen LogP contribution in [0.15, 0.2) is 6.33 Å². The molecule has 7 nitrogen and oxygen atoms in total. The van der Waals surface area contributed by atoms with E-state index in [1.807, 2.05) is 0 Å². The number of aromatic amines is 1. The second-order valence-corrected chi connectivity index (χ2v) is 5.68. The number of fused-ring (bicyclic) bond motifs is 1. The van der Waals surface area contributed by atoms with Crippen molar-refractivity contribution < 1.29 is 0 Å². The molecule has 0 saturated heterocycles. The Morgan fingerprint density at radius 2 is 1.96 bits per heavy atom. The van der Waals surface area contributed by atoms with Crippen LogP contribution in [0.3, 0.4) is 0 Å². The molecule has 9 heteroatoms. The molecule has 2 aromatic heterocycles. The first-order chi connectivity index (χ1) is 10.3. The summed E-state index contributed by atoms with van der Waals surface area (Å²) in [7, 11) is 0. The molecule has 0 unspecified atom stereocenters. The van der Waals surface area contributed by atoms with Gasteiger partial charge in [0, 0.05) is 18.6 Å². The minimum absolute atomic E-state index is 0. The molecule has 5 N–H and O–H groups in total. The first kappa shape index (κ1) is 19.7. The van der Waals surface area contributed by atoms with Gasteiger partial charge in [-0.15, -0.1) is 24.8 Å². The highest BCUT2D eigenvalue weighted by Gasteiger charge is 2.20. The van der Waals surface area contributed by atoms with Crippen molar-refractivity contribution in [1.29, 1.82) is 0 Å². The second kappa shape index (κ2) is 9.10. The number of H-pyrrole nitrogens is 1. The fourth-order valence-corrected chi connectivity index (χ4v) is 2.72. The molecule has 0 spiro atoms. The van der Waals surface area contributed by atoms with Crippen molar-refractivity contribution in [3.05, 3.63) is 6.33 Å². The van der Waals surface area contributed by atoms with Crippen molar-refractivity contribution >= 4 is 47.7 Å². The molecule has 0 aromatic carbocycles. The van der Waals surface area contributed by atoms with Crippen LogP contribution < -0.4 is 16.4 Å². The van der Waals surface area contributed by atoms with Crippen LogP contribution in [0.25, 0.3) is 11.2 Å². The van der Waals surface area contributed by atoms with Crippen molar-refractivity contribution in [3.63, 3.8) is 0 Å². The van der Waals surface area contributed by atoms with E-state index in [2.05, 4.69) is 37.5 Å². The molecule has 1 aliphatic carbocycles. The van der Waals surface area contributed by atoms with Crippen LogP contribution in [-0.4, -0.2) is 38.6 Å². The SMILES string of the molecule is CCCNc1nc(NC2CCC(N)CC2)nc2nc[nH]c12.Cl.Cl. The fourth-order valence-electron chi connectivity index (χ4n) is 2.72. The van der Waals surface area contributed by atoms with Crippen LogP contribution in [0, 0.1) is 0 Å². The number of rotatable bonds is 5. The Hall–Kier alpha value is -1.31. The van der Waals surface area contributed by atoms with E-state index in [1.54, 1.807) is 6.33 Å². The van der Waals surface area contributed by atoms with Gasteiger partial charge in [0.15, 0.2) is 11.5 Å². The number of hydrogen-bond acceptors (Lipinski definition) is 6. The Morgan fingerprint density at radius 1 is 1.22 bits per heavy atom. The molecule has 1 aliphatic rings. The number of nitrogens with two attached hydrogens (primary N) is 1. The second-order valence-electron chi connectivity index (χ2n) is 5.68. The predicted octanol–water partition coefficient (Wildman–Crippen LogP) is 2.70. The third-order valence-electron chi connectivity index (χ3n) is 3.93. The zero-order valence-electron chi connectivity index (χ0n) is 13.2. The molecular weight excluding hydrogens is 337 g/mol. The standard InChI is InChI=1S/C14H23N7.2ClH/c1-2-7-16-12-11-13(18-8-17-11)21-14(20-12)19-10-5-3-9(15)4-6-10;;/h8-10H,2-7,15H2,1H3,(H3,16,17,18,19,20,21);2*1H. The normalized spacial score (nSPS) is 20.4. The van der Waals surface area contributed by atoms with Gasteiger partial charge in [0.25, 0.3) is 0 Å². The molecule has 0 atom stereocenters. The van der Waals surface area contributed by atoms with E-state index in [9.17, 15) is 0 Å². The molecule has 1 fully saturated rings. The maximum Gasteiger partial charge on any atom is 0.227 e. The zero-order valence-corrected chi connectivity index (χ0v) is 14.8. The minimum atomic E-state index is 0. The van der Waals surface area contributed by atoms with Crippen molar-refractivity contribution in [2.75, 3.05) is 17.2 Å². The van der Waals surface area contributed by atoms with Crippen LogP contribution in [-0.2, 0) is 0 Å². The summed E-state index contributed by atoms with van der Waals surface area (Å²) in [6.07, 6.45) is 6.96. The zero-order chi connectivity index (χ0) is 14.7. The molecule has 0 aliphatic heterocycles. The van der Waals surface area contributed by atoms with E-state index in [-0.39, 0.29) is 24.8 Å². The molecule has 1 saturated carbocycles. The van der Waals surface area contributed by atoms with Crippen LogP contribution in [0.2, 0.25) is 0 Å². The third-order valence-corrected chi connectivity index (χ3v) is 3.93. The molecule has 0 radical (unpaired) electrons. The van der Waals surface area contributed by atoms with Crippen molar-refractivity contribution in [3.8, 4) is 0 Å². The van der Waals surface area contributed by atoms with E-state index < -0.39 is 0 Å². The highest BCUT2D eigenvalue weighted by molar-refractivity contribution is 5.85. The lowest BCUT2D eigenvalue weighted by Crippen LogP contribution is -2.33. The van der Waals surface area contributed by atoms with Gasteiger partial charge >= 0.3 is 0 Å². The van der Waals surface area contributed by atoms with Gasteiger partial charge in [-0.2, -0.15) is 9.97 Å². The summed E-state index contributed by atoms with van der Waals surface area (Å²) in [5.41, 5.74) is 7.50. The third kappa shape index (κ3) is 4.83. The van der Waals surface area contributed by atoms with Crippen molar-refractivity contribution in [2.45, 2.75) is 51.1 Å².